The van der Waals surface area contributed by atoms with Crippen LogP contribution in [-0.2, 0) is 52.3 Å². The maximum Gasteiger partial charge on any atom is 0.385 e. The highest BCUT2D eigenvalue weighted by Gasteiger charge is 2.60. The van der Waals surface area contributed by atoms with Gasteiger partial charge in [-0.05, 0) is 18.4 Å². The standard InChI is InChI=1S/C43H64O16/c1-8-9-10-11-12-13-35(47)57-38-28(19-36(48)53-7)18-30-15-17-54-37(49)21-29(46)20-32-22-34(55-27(2)45)40(5,6)42(51,58-32)25-33-24-41(50,26-44)23-31(56-33)14-16-39(3,4)43(38,52)59-30/h14,16,19,29-34,38,44,46,50-52H,8-11,15,17-18,20-26H2,1-7H3/b16-14+,28-19+/t29-,30-,31+,32-,33+,34+,38+,41-,42+,43-/m1/s1. The molecule has 10 atom stereocenters. The number of cyclic esters (lactones) is 1. The first-order chi connectivity index (χ1) is 27.6. The van der Waals surface area contributed by atoms with Crippen molar-refractivity contribution in [1.29, 1.82) is 0 Å². The molecule has 16 nitrogen and oxygen atoms in total. The molecular weight excluding hydrogens is 772 g/mol. The summed E-state index contributed by atoms with van der Waals surface area (Å²) in [7, 11) is 1.17. The van der Waals surface area contributed by atoms with E-state index in [4.69, 9.17) is 33.2 Å². The van der Waals surface area contributed by atoms with Crippen molar-refractivity contribution < 1.29 is 77.9 Å². The van der Waals surface area contributed by atoms with Gasteiger partial charge in [-0.3, -0.25) is 9.59 Å². The monoisotopic (exact) mass is 836 g/mol. The van der Waals surface area contributed by atoms with Gasteiger partial charge in [0.15, 0.2) is 11.9 Å². The van der Waals surface area contributed by atoms with Crippen LogP contribution in [0.5, 0.6) is 0 Å². The minimum atomic E-state index is -2.40. The van der Waals surface area contributed by atoms with Crippen molar-refractivity contribution in [2.45, 2.75) is 178 Å². The van der Waals surface area contributed by atoms with Gasteiger partial charge in [0.1, 0.15) is 6.10 Å². The Balaban J connectivity index is 1.79. The highest BCUT2D eigenvalue weighted by molar-refractivity contribution is 5.89. The number of aliphatic hydroxyl groups excluding tert-OH is 2. The molecule has 0 aromatic carbocycles. The van der Waals surface area contributed by atoms with Crippen LogP contribution >= 0.6 is 0 Å². The highest BCUT2D eigenvalue weighted by atomic mass is 16.7. The Morgan fingerprint density at radius 1 is 0.966 bits per heavy atom. The minimum Gasteiger partial charge on any atom is -0.466 e. The maximum atomic E-state index is 13.2. The van der Waals surface area contributed by atoms with Crippen LogP contribution in [0.1, 0.15) is 119 Å². The summed E-state index contributed by atoms with van der Waals surface area (Å²) in [6.07, 6.45) is -1.09. The van der Waals surface area contributed by atoms with Gasteiger partial charge in [-0.1, -0.05) is 65.5 Å². The van der Waals surface area contributed by atoms with E-state index in [2.05, 4.69) is 11.8 Å². The molecule has 0 radical (unpaired) electrons. The number of hydrogen-bond acceptors (Lipinski definition) is 16. The Hall–Kier alpha value is -3.40. The fraction of sp³-hybridized carbons (Fsp3) is 0.767. The smallest absolute Gasteiger partial charge is 0.385 e. The van der Waals surface area contributed by atoms with Gasteiger partial charge in [0, 0.05) is 69.3 Å². The lowest BCUT2D eigenvalue weighted by Crippen LogP contribution is -2.63. The fourth-order valence-corrected chi connectivity index (χ4v) is 8.28. The summed E-state index contributed by atoms with van der Waals surface area (Å²) in [4.78, 5) is 51.1. The van der Waals surface area contributed by atoms with Crippen molar-refractivity contribution in [2.75, 3.05) is 20.3 Å². The molecular formula is C43H64O16. The first-order valence-electron chi connectivity index (χ1n) is 20.6. The van der Waals surface area contributed by atoms with Crippen molar-refractivity contribution in [1.82, 2.24) is 0 Å². The van der Waals surface area contributed by atoms with Crippen molar-refractivity contribution in [3.05, 3.63) is 23.8 Å². The summed E-state index contributed by atoms with van der Waals surface area (Å²) in [5, 5.41) is 58.0. The molecule has 4 heterocycles. The quantitative estimate of drug-likeness (QED) is 0.0472. The van der Waals surface area contributed by atoms with E-state index in [-0.39, 0.29) is 57.1 Å². The van der Waals surface area contributed by atoms with Crippen molar-refractivity contribution in [3.8, 4) is 11.8 Å². The van der Waals surface area contributed by atoms with E-state index in [0.29, 0.717) is 6.42 Å². The van der Waals surface area contributed by atoms with E-state index in [1.54, 1.807) is 39.8 Å². The summed E-state index contributed by atoms with van der Waals surface area (Å²) in [6, 6.07) is 0. The van der Waals surface area contributed by atoms with Crippen molar-refractivity contribution in [3.63, 3.8) is 0 Å². The molecule has 332 valence electrons. The van der Waals surface area contributed by atoms with E-state index < -0.39 is 108 Å². The predicted octanol–water partition coefficient (Wildman–Crippen LogP) is 2.83. The summed E-state index contributed by atoms with van der Waals surface area (Å²) in [5.74, 6) is -2.32. The van der Waals surface area contributed by atoms with Gasteiger partial charge < -0.3 is 58.7 Å². The van der Waals surface area contributed by atoms with E-state index in [9.17, 15) is 44.7 Å². The molecule has 5 N–H and O–H groups in total. The molecule has 0 saturated carbocycles. The van der Waals surface area contributed by atoms with Crippen LogP contribution in [0.15, 0.2) is 23.8 Å². The van der Waals surface area contributed by atoms with Crippen LogP contribution in [-0.4, -0.2) is 130 Å². The number of aliphatic hydroxyl groups is 5. The molecule has 0 aromatic heterocycles. The summed E-state index contributed by atoms with van der Waals surface area (Å²) >= 11 is 0. The summed E-state index contributed by atoms with van der Waals surface area (Å²) < 4.78 is 40.9. The van der Waals surface area contributed by atoms with Crippen molar-refractivity contribution >= 4 is 23.9 Å². The number of carbonyl (C=O) groups excluding carboxylic acids is 4. The van der Waals surface area contributed by atoms with Crippen LogP contribution in [0, 0.1) is 22.7 Å². The predicted molar refractivity (Wildman–Crippen MR) is 208 cm³/mol. The van der Waals surface area contributed by atoms with Gasteiger partial charge in [-0.25, -0.2) is 9.59 Å². The third-order valence-corrected chi connectivity index (χ3v) is 11.9. The number of fused-ring (bicyclic) bond motifs is 6. The third-order valence-electron chi connectivity index (χ3n) is 11.9. The number of unbranched alkanes of at least 4 members (excludes halogenated alkanes) is 3. The molecule has 4 rings (SSSR count). The molecule has 4 aliphatic rings. The Kier molecular flexibility index (Phi) is 16.3. The Labute approximate surface area is 346 Å². The largest absolute Gasteiger partial charge is 0.466 e. The average molecular weight is 837 g/mol. The van der Waals surface area contributed by atoms with Crippen LogP contribution in [0.25, 0.3) is 0 Å². The third kappa shape index (κ3) is 12.1. The molecule has 3 fully saturated rings. The number of rotatable bonds is 7. The average Bonchev–Trinajstić information content (AvgIpc) is 3.13. The van der Waals surface area contributed by atoms with Crippen LogP contribution in [0.3, 0.4) is 0 Å². The topological polar surface area (TPSA) is 234 Å². The number of carbonyl (C=O) groups is 4. The second-order valence-corrected chi connectivity index (χ2v) is 17.5. The summed E-state index contributed by atoms with van der Waals surface area (Å²) in [6.45, 7) is 8.92. The van der Waals surface area contributed by atoms with Gasteiger partial charge in [0.2, 0.25) is 5.79 Å². The number of methoxy groups -OCH3 is 1. The number of hydrogen-bond donors (Lipinski definition) is 5. The lowest BCUT2D eigenvalue weighted by Gasteiger charge is -2.54. The van der Waals surface area contributed by atoms with Gasteiger partial charge in [-0.15, -0.1) is 0 Å². The molecule has 0 unspecified atom stereocenters. The second-order valence-electron chi connectivity index (χ2n) is 17.5. The van der Waals surface area contributed by atoms with E-state index in [1.807, 2.05) is 6.92 Å². The molecule has 6 bridgehead atoms. The van der Waals surface area contributed by atoms with E-state index >= 15 is 0 Å². The molecule has 0 aromatic rings. The molecule has 16 heteroatoms. The summed E-state index contributed by atoms with van der Waals surface area (Å²) in [5.41, 5.74) is -4.26. The van der Waals surface area contributed by atoms with Gasteiger partial charge in [0.25, 0.3) is 0 Å². The molecule has 4 aliphatic heterocycles. The number of ether oxygens (including phenoxy) is 7. The molecule has 0 amide bonds. The first kappa shape index (κ1) is 48.3. The van der Waals surface area contributed by atoms with Crippen molar-refractivity contribution in [2.24, 2.45) is 10.8 Å². The van der Waals surface area contributed by atoms with E-state index in [0.717, 1.165) is 25.3 Å². The van der Waals surface area contributed by atoms with Gasteiger partial charge >= 0.3 is 23.9 Å². The number of esters is 4. The normalized spacial score (nSPS) is 37.4. The first-order valence-corrected chi connectivity index (χ1v) is 20.6. The molecule has 0 spiro atoms. The SMILES string of the molecule is CCCCCC#CC(=O)O[C@H]1/C(=C/C(=O)OC)C[C@H]2CCOC(=O)C[C@H](O)C[C@@H]3C[C@H](OC(C)=O)C(C)(C)[C@](O)(C[C@@H]4C[C@@](O)(CO)C[C@H](/C=C/C(C)(C)[C@]1(O)O2)O4)O3. The Bertz CT molecular complexity index is 1630. The molecule has 3 saturated heterocycles. The zero-order valence-corrected chi connectivity index (χ0v) is 35.4. The van der Waals surface area contributed by atoms with Crippen LogP contribution < -0.4 is 0 Å². The second kappa shape index (κ2) is 20.0. The van der Waals surface area contributed by atoms with Gasteiger partial charge in [-0.2, -0.15) is 0 Å². The van der Waals surface area contributed by atoms with E-state index in [1.165, 1.54) is 14.0 Å². The Morgan fingerprint density at radius 2 is 1.69 bits per heavy atom. The maximum absolute atomic E-state index is 13.2. The lowest BCUT2D eigenvalue weighted by atomic mass is 9.70. The minimum absolute atomic E-state index is 0.00914. The zero-order valence-electron chi connectivity index (χ0n) is 35.4. The zero-order chi connectivity index (χ0) is 43.8. The Morgan fingerprint density at radius 3 is 2.36 bits per heavy atom. The van der Waals surface area contributed by atoms with Crippen LogP contribution in [0.2, 0.25) is 0 Å². The van der Waals surface area contributed by atoms with Gasteiger partial charge in [0.05, 0.1) is 68.3 Å². The fourth-order valence-electron chi connectivity index (χ4n) is 8.28. The highest BCUT2D eigenvalue weighted by Crippen LogP contribution is 2.50. The molecule has 59 heavy (non-hydrogen) atoms. The molecule has 0 aliphatic carbocycles. The lowest BCUT2D eigenvalue weighted by molar-refractivity contribution is -0.351. The van der Waals surface area contributed by atoms with Crippen LogP contribution in [0.4, 0.5) is 0 Å².